The Kier molecular flexibility index (Phi) is 7.81. The van der Waals surface area contributed by atoms with Gasteiger partial charge in [-0.3, -0.25) is 4.79 Å². The van der Waals surface area contributed by atoms with Gasteiger partial charge in [0.25, 0.3) is 0 Å². The molecule has 0 aromatic heterocycles. The molecule has 1 amide bonds. The minimum absolute atomic E-state index is 0.166. The topological polar surface area (TPSA) is 83.9 Å². The third-order valence-corrected chi connectivity index (χ3v) is 7.71. The van der Waals surface area contributed by atoms with Gasteiger partial charge in [0, 0.05) is 15.3 Å². The lowest BCUT2D eigenvalue weighted by atomic mass is 9.78. The largest absolute Gasteiger partial charge is 0.534 e. The monoisotopic (exact) mass is 649 g/mol. The minimum Gasteiger partial charge on any atom is -0.388 e. The Hall–Kier alpha value is -2.71. The summed E-state index contributed by atoms with van der Waals surface area (Å²) in [5, 5.41) is 10.5. The molecule has 0 spiro atoms. The zero-order chi connectivity index (χ0) is 27.0. The Morgan fingerprint density at radius 1 is 1.03 bits per heavy atom. The quantitative estimate of drug-likeness (QED) is 0.109. The highest BCUT2D eigenvalue weighted by molar-refractivity contribution is 14.1. The van der Waals surface area contributed by atoms with Gasteiger partial charge in [0.05, 0.1) is 18.1 Å². The maximum absolute atomic E-state index is 13.2. The van der Waals surface area contributed by atoms with E-state index in [4.69, 9.17) is 0 Å². The first kappa shape index (κ1) is 27.3. The fraction of sp³-hybridized carbons (Fsp3) is 0.240. The highest BCUT2D eigenvalue weighted by Crippen LogP contribution is 2.47. The number of alkyl halides is 3. The summed E-state index contributed by atoms with van der Waals surface area (Å²) in [7, 11) is -5.88. The van der Waals surface area contributed by atoms with Crippen molar-refractivity contribution < 1.29 is 40.1 Å². The van der Waals surface area contributed by atoms with Crippen LogP contribution in [0.4, 0.5) is 23.2 Å². The average Bonchev–Trinajstić information content (AvgIpc) is 2.83. The molecule has 6 nitrogen and oxygen atoms in total. The maximum atomic E-state index is 13.2. The van der Waals surface area contributed by atoms with Crippen molar-refractivity contribution in [3.63, 3.8) is 0 Å². The Labute approximate surface area is 224 Å². The van der Waals surface area contributed by atoms with Crippen molar-refractivity contribution in [1.82, 2.24) is 0 Å². The van der Waals surface area contributed by atoms with E-state index in [9.17, 15) is 35.9 Å². The molecule has 1 aliphatic rings. The van der Waals surface area contributed by atoms with Crippen LogP contribution < -0.4 is 9.08 Å². The van der Waals surface area contributed by atoms with Crippen LogP contribution >= 0.6 is 22.6 Å². The van der Waals surface area contributed by atoms with Crippen LogP contribution in [0.1, 0.15) is 36.1 Å². The first-order chi connectivity index (χ1) is 17.4. The molecule has 1 saturated heterocycles. The summed E-state index contributed by atoms with van der Waals surface area (Å²) in [4.78, 5) is 14.6. The first-order valence-electron chi connectivity index (χ1n) is 11.0. The van der Waals surface area contributed by atoms with E-state index < -0.39 is 45.3 Å². The Morgan fingerprint density at radius 3 is 2.30 bits per heavy atom. The van der Waals surface area contributed by atoms with Crippen molar-refractivity contribution in [2.45, 2.75) is 30.5 Å². The number of nitrogens with zero attached hydrogens (tertiary/aromatic N) is 1. The number of aliphatic hydroxyl groups excluding tert-OH is 1. The average molecular weight is 649 g/mol. The summed E-state index contributed by atoms with van der Waals surface area (Å²) < 4.78 is 79.5. The number of benzene rings is 3. The number of rotatable bonds is 8. The Morgan fingerprint density at radius 2 is 1.68 bits per heavy atom. The lowest BCUT2D eigenvalue weighted by Gasteiger charge is -2.48. The molecule has 0 unspecified atom stereocenters. The van der Waals surface area contributed by atoms with E-state index in [0.717, 1.165) is 21.3 Å². The van der Waals surface area contributed by atoms with Crippen LogP contribution in [-0.2, 0) is 14.9 Å². The minimum atomic E-state index is -5.88. The van der Waals surface area contributed by atoms with E-state index in [1.165, 1.54) is 41.3 Å². The van der Waals surface area contributed by atoms with Gasteiger partial charge in [-0.1, -0.05) is 30.3 Å². The predicted molar refractivity (Wildman–Crippen MR) is 136 cm³/mol. The molecule has 4 rings (SSSR count). The molecule has 3 atom stereocenters. The molecule has 3 aromatic carbocycles. The second-order valence-electron chi connectivity index (χ2n) is 8.44. The summed E-state index contributed by atoms with van der Waals surface area (Å²) in [5.74, 6) is -1.92. The fourth-order valence-corrected chi connectivity index (χ4v) is 5.02. The summed E-state index contributed by atoms with van der Waals surface area (Å²) >= 11 is 2.13. The van der Waals surface area contributed by atoms with Gasteiger partial charge in [-0.15, -0.1) is 0 Å². The van der Waals surface area contributed by atoms with Crippen LogP contribution in [0.5, 0.6) is 5.75 Å². The SMILES string of the molecule is O=C1[C@H](CC[C@H](O)c2ccc(F)cc2)[C@@H](c2ccc(I)cc2)N1c1cccc(OS(=O)(=O)C(F)(F)F)c1. The molecular weight excluding hydrogens is 629 g/mol. The van der Waals surface area contributed by atoms with E-state index >= 15 is 0 Å². The van der Waals surface area contributed by atoms with E-state index in [-0.39, 0.29) is 24.4 Å². The lowest BCUT2D eigenvalue weighted by Crippen LogP contribution is -2.55. The van der Waals surface area contributed by atoms with Gasteiger partial charge in [-0.25, -0.2) is 4.39 Å². The van der Waals surface area contributed by atoms with Crippen molar-refractivity contribution in [2.24, 2.45) is 5.92 Å². The maximum Gasteiger partial charge on any atom is 0.534 e. The van der Waals surface area contributed by atoms with Crippen LogP contribution in [0.2, 0.25) is 0 Å². The number of hydrogen-bond acceptors (Lipinski definition) is 5. The van der Waals surface area contributed by atoms with E-state index in [1.54, 1.807) is 0 Å². The Balaban J connectivity index is 1.59. The zero-order valence-corrected chi connectivity index (χ0v) is 21.9. The number of anilines is 1. The number of halogens is 5. The van der Waals surface area contributed by atoms with Crippen LogP contribution in [0.25, 0.3) is 0 Å². The molecule has 1 heterocycles. The van der Waals surface area contributed by atoms with Gasteiger partial charge in [0.2, 0.25) is 5.91 Å². The zero-order valence-electron chi connectivity index (χ0n) is 18.9. The number of hydrogen-bond donors (Lipinski definition) is 1. The van der Waals surface area contributed by atoms with Crippen LogP contribution in [0, 0.1) is 15.3 Å². The molecule has 0 aliphatic carbocycles. The molecule has 12 heteroatoms. The van der Waals surface area contributed by atoms with Gasteiger partial charge in [0.1, 0.15) is 11.6 Å². The van der Waals surface area contributed by atoms with Crippen molar-refractivity contribution in [2.75, 3.05) is 4.90 Å². The highest BCUT2D eigenvalue weighted by atomic mass is 127. The first-order valence-corrected chi connectivity index (χ1v) is 13.5. The highest BCUT2D eigenvalue weighted by Gasteiger charge is 2.50. The van der Waals surface area contributed by atoms with E-state index in [0.29, 0.717) is 5.56 Å². The number of β-lactam (4-membered cyclic amide) rings is 1. The second-order valence-corrected chi connectivity index (χ2v) is 11.2. The van der Waals surface area contributed by atoms with Crippen molar-refractivity contribution in [1.29, 1.82) is 0 Å². The van der Waals surface area contributed by atoms with Gasteiger partial charge in [-0.2, -0.15) is 21.6 Å². The second kappa shape index (κ2) is 10.6. The molecule has 196 valence electrons. The number of amides is 1. The van der Waals surface area contributed by atoms with Gasteiger partial charge in [0.15, 0.2) is 0 Å². The Bertz CT molecular complexity index is 1380. The number of aliphatic hydroxyl groups is 1. The van der Waals surface area contributed by atoms with Crippen LogP contribution in [0.15, 0.2) is 72.8 Å². The lowest BCUT2D eigenvalue weighted by molar-refractivity contribution is -0.131. The summed E-state index contributed by atoms with van der Waals surface area (Å²) in [5.41, 5.74) is -4.17. The smallest absolute Gasteiger partial charge is 0.388 e. The molecule has 3 aromatic rings. The molecule has 37 heavy (non-hydrogen) atoms. The normalized spacial score (nSPS) is 18.9. The summed E-state index contributed by atoms with van der Waals surface area (Å²) in [6, 6.07) is 17.1. The number of carbonyl (C=O) groups is 1. The molecule has 1 N–H and O–H groups in total. The molecule has 0 saturated carbocycles. The molecular formula is C25H20F4INO5S. The van der Waals surface area contributed by atoms with Crippen LogP contribution in [0.3, 0.4) is 0 Å². The van der Waals surface area contributed by atoms with Crippen molar-refractivity contribution in [3.05, 3.63) is 93.3 Å². The standard InChI is InChI=1S/C25H20F4INO5S/c26-17-8-4-15(5-9-17)22(32)13-12-21-23(16-6-10-18(30)11-7-16)31(24(21)33)19-2-1-3-20(14-19)36-37(34,35)25(27,28)29/h1-11,14,21-23,32H,12-13H2/t21-,22+,23-/m1/s1. The van der Waals surface area contributed by atoms with Crippen molar-refractivity contribution >= 4 is 44.3 Å². The van der Waals surface area contributed by atoms with Gasteiger partial charge in [-0.05, 0) is 83.0 Å². The molecule has 0 radical (unpaired) electrons. The van der Waals surface area contributed by atoms with Gasteiger partial charge < -0.3 is 14.2 Å². The van der Waals surface area contributed by atoms with E-state index in [2.05, 4.69) is 26.8 Å². The summed E-state index contributed by atoms with van der Waals surface area (Å²) in [6.45, 7) is 0. The third-order valence-electron chi connectivity index (χ3n) is 6.02. The molecule has 0 bridgehead atoms. The van der Waals surface area contributed by atoms with Gasteiger partial charge >= 0.3 is 15.6 Å². The third kappa shape index (κ3) is 5.91. The van der Waals surface area contributed by atoms with Crippen LogP contribution in [-0.4, -0.2) is 24.9 Å². The summed E-state index contributed by atoms with van der Waals surface area (Å²) in [6.07, 6.45) is -0.434. The molecule has 1 fully saturated rings. The molecule has 1 aliphatic heterocycles. The predicted octanol–water partition coefficient (Wildman–Crippen LogP) is 5.88. The van der Waals surface area contributed by atoms with Crippen molar-refractivity contribution in [3.8, 4) is 5.75 Å². The number of carbonyl (C=O) groups excluding carboxylic acids is 1. The van der Waals surface area contributed by atoms with E-state index in [1.807, 2.05) is 24.3 Å². The fourth-order valence-electron chi connectivity index (χ4n) is 4.21.